The molecular weight excluding hydrogens is 142 g/mol. The SMILES string of the molecule is CC(C)n1ncc(C=O)c1N. The van der Waals surface area contributed by atoms with E-state index in [-0.39, 0.29) is 6.04 Å². The third-order valence-corrected chi connectivity index (χ3v) is 1.48. The first-order valence-corrected chi connectivity index (χ1v) is 3.45. The molecule has 0 aliphatic carbocycles. The van der Waals surface area contributed by atoms with Crippen molar-refractivity contribution in [1.29, 1.82) is 0 Å². The maximum absolute atomic E-state index is 10.3. The standard InChI is InChI=1S/C7H11N3O/c1-5(2)10-7(8)6(4-11)3-9-10/h3-5H,8H2,1-2H3. The summed E-state index contributed by atoms with van der Waals surface area (Å²) in [6.07, 6.45) is 2.18. The Bertz CT molecular complexity index is 265. The van der Waals surface area contributed by atoms with Crippen LogP contribution >= 0.6 is 0 Å². The van der Waals surface area contributed by atoms with Gasteiger partial charge in [0.15, 0.2) is 6.29 Å². The Labute approximate surface area is 65.0 Å². The lowest BCUT2D eigenvalue weighted by atomic mass is 10.3. The molecule has 1 aromatic rings. The fraction of sp³-hybridized carbons (Fsp3) is 0.429. The lowest BCUT2D eigenvalue weighted by Gasteiger charge is -2.06. The zero-order chi connectivity index (χ0) is 8.43. The van der Waals surface area contributed by atoms with Gasteiger partial charge in [-0.05, 0) is 13.8 Å². The molecule has 0 aromatic carbocycles. The molecule has 0 spiro atoms. The van der Waals surface area contributed by atoms with Crippen LogP contribution in [-0.2, 0) is 0 Å². The second-order valence-corrected chi connectivity index (χ2v) is 2.64. The fourth-order valence-electron chi connectivity index (χ4n) is 0.887. The minimum Gasteiger partial charge on any atom is -0.383 e. The first kappa shape index (κ1) is 7.78. The quantitative estimate of drug-likeness (QED) is 0.641. The average molecular weight is 153 g/mol. The summed E-state index contributed by atoms with van der Waals surface area (Å²) in [5.41, 5.74) is 6.04. The molecule has 0 bridgehead atoms. The summed E-state index contributed by atoms with van der Waals surface area (Å²) in [7, 11) is 0. The molecule has 4 nitrogen and oxygen atoms in total. The molecule has 1 heterocycles. The average Bonchev–Trinajstić information content (AvgIpc) is 2.30. The highest BCUT2D eigenvalue weighted by atomic mass is 16.1. The van der Waals surface area contributed by atoms with E-state index < -0.39 is 0 Å². The van der Waals surface area contributed by atoms with Crippen LogP contribution in [0.5, 0.6) is 0 Å². The Balaban J connectivity index is 3.10. The number of nitrogens with two attached hydrogens (primary N) is 1. The normalized spacial score (nSPS) is 10.5. The summed E-state index contributed by atoms with van der Waals surface area (Å²) in [5.74, 6) is 0.440. The molecule has 0 saturated heterocycles. The van der Waals surface area contributed by atoms with Crippen molar-refractivity contribution in [2.24, 2.45) is 0 Å². The Morgan fingerprint density at radius 3 is 2.64 bits per heavy atom. The Morgan fingerprint density at radius 1 is 1.73 bits per heavy atom. The molecule has 0 fully saturated rings. The lowest BCUT2D eigenvalue weighted by Crippen LogP contribution is -2.07. The number of nitrogen functional groups attached to an aromatic ring is 1. The van der Waals surface area contributed by atoms with Gasteiger partial charge in [0.25, 0.3) is 0 Å². The second kappa shape index (κ2) is 2.74. The van der Waals surface area contributed by atoms with E-state index in [0.29, 0.717) is 17.7 Å². The van der Waals surface area contributed by atoms with E-state index in [1.807, 2.05) is 13.8 Å². The highest BCUT2D eigenvalue weighted by Crippen LogP contribution is 2.13. The van der Waals surface area contributed by atoms with Crippen molar-refractivity contribution < 1.29 is 4.79 Å². The summed E-state index contributed by atoms with van der Waals surface area (Å²) in [4.78, 5) is 10.3. The molecule has 11 heavy (non-hydrogen) atoms. The smallest absolute Gasteiger partial charge is 0.155 e. The van der Waals surface area contributed by atoms with Gasteiger partial charge in [0.1, 0.15) is 5.82 Å². The van der Waals surface area contributed by atoms with Crippen molar-refractivity contribution in [3.8, 4) is 0 Å². The number of carbonyl (C=O) groups is 1. The molecule has 1 rings (SSSR count). The third-order valence-electron chi connectivity index (χ3n) is 1.48. The van der Waals surface area contributed by atoms with Crippen molar-refractivity contribution in [1.82, 2.24) is 9.78 Å². The molecule has 0 aliphatic rings. The molecule has 1 aromatic heterocycles. The van der Waals surface area contributed by atoms with Crippen LogP contribution in [-0.4, -0.2) is 16.1 Å². The summed E-state index contributed by atoms with van der Waals surface area (Å²) in [6.45, 7) is 3.91. The number of nitrogens with zero attached hydrogens (tertiary/aromatic N) is 2. The van der Waals surface area contributed by atoms with E-state index in [2.05, 4.69) is 5.10 Å². The topological polar surface area (TPSA) is 60.9 Å². The number of carbonyl (C=O) groups excluding carboxylic acids is 1. The van der Waals surface area contributed by atoms with Crippen molar-refractivity contribution in [2.45, 2.75) is 19.9 Å². The maximum atomic E-state index is 10.3. The minimum atomic E-state index is 0.198. The highest BCUT2D eigenvalue weighted by molar-refractivity contribution is 5.81. The minimum absolute atomic E-state index is 0.198. The molecule has 60 valence electrons. The monoisotopic (exact) mass is 153 g/mol. The number of anilines is 1. The summed E-state index contributed by atoms with van der Waals surface area (Å²) >= 11 is 0. The number of aromatic nitrogens is 2. The molecule has 2 N–H and O–H groups in total. The predicted octanol–water partition coefficient (Wildman–Crippen LogP) is 0.859. The number of rotatable bonds is 2. The van der Waals surface area contributed by atoms with Crippen LogP contribution in [0.3, 0.4) is 0 Å². The second-order valence-electron chi connectivity index (χ2n) is 2.64. The van der Waals surface area contributed by atoms with Gasteiger partial charge in [-0.2, -0.15) is 5.10 Å². The van der Waals surface area contributed by atoms with Crippen LogP contribution in [0.15, 0.2) is 6.20 Å². The van der Waals surface area contributed by atoms with Gasteiger partial charge in [0.2, 0.25) is 0 Å². The van der Waals surface area contributed by atoms with Crippen LogP contribution < -0.4 is 5.73 Å². The van der Waals surface area contributed by atoms with Gasteiger partial charge >= 0.3 is 0 Å². The Morgan fingerprint density at radius 2 is 2.36 bits per heavy atom. The first-order chi connectivity index (χ1) is 5.16. The number of hydrogen-bond acceptors (Lipinski definition) is 3. The van der Waals surface area contributed by atoms with Crippen molar-refractivity contribution in [3.05, 3.63) is 11.8 Å². The van der Waals surface area contributed by atoms with Crippen LogP contribution in [0.4, 0.5) is 5.82 Å². The molecule has 0 aliphatic heterocycles. The predicted molar refractivity (Wildman–Crippen MR) is 42.4 cm³/mol. The lowest BCUT2D eigenvalue weighted by molar-refractivity contribution is 0.112. The van der Waals surface area contributed by atoms with E-state index in [1.54, 1.807) is 4.68 Å². The molecule has 0 amide bonds. The molecule has 0 radical (unpaired) electrons. The van der Waals surface area contributed by atoms with Crippen molar-refractivity contribution >= 4 is 12.1 Å². The van der Waals surface area contributed by atoms with E-state index >= 15 is 0 Å². The van der Waals surface area contributed by atoms with E-state index in [4.69, 9.17) is 5.73 Å². The van der Waals surface area contributed by atoms with Crippen LogP contribution in [0.2, 0.25) is 0 Å². The first-order valence-electron chi connectivity index (χ1n) is 3.45. The Kier molecular flexibility index (Phi) is 1.94. The molecule has 0 unspecified atom stereocenters. The number of hydrogen-bond donors (Lipinski definition) is 1. The van der Waals surface area contributed by atoms with Crippen LogP contribution in [0.1, 0.15) is 30.2 Å². The van der Waals surface area contributed by atoms with Gasteiger partial charge in [0, 0.05) is 6.04 Å². The van der Waals surface area contributed by atoms with Crippen molar-refractivity contribution in [2.75, 3.05) is 5.73 Å². The van der Waals surface area contributed by atoms with Crippen LogP contribution in [0.25, 0.3) is 0 Å². The zero-order valence-electron chi connectivity index (χ0n) is 6.61. The van der Waals surface area contributed by atoms with Gasteiger partial charge < -0.3 is 5.73 Å². The fourth-order valence-corrected chi connectivity index (χ4v) is 0.887. The van der Waals surface area contributed by atoms with E-state index in [1.165, 1.54) is 6.20 Å². The molecular formula is C7H11N3O. The maximum Gasteiger partial charge on any atom is 0.155 e. The summed E-state index contributed by atoms with van der Waals surface area (Å²) < 4.78 is 1.61. The highest BCUT2D eigenvalue weighted by Gasteiger charge is 2.07. The molecule has 4 heteroatoms. The summed E-state index contributed by atoms with van der Waals surface area (Å²) in [5, 5.41) is 3.95. The zero-order valence-corrected chi connectivity index (χ0v) is 6.61. The van der Waals surface area contributed by atoms with Crippen molar-refractivity contribution in [3.63, 3.8) is 0 Å². The third kappa shape index (κ3) is 1.24. The van der Waals surface area contributed by atoms with Crippen LogP contribution in [0, 0.1) is 0 Å². The van der Waals surface area contributed by atoms with Gasteiger partial charge in [0.05, 0.1) is 11.8 Å². The molecule has 0 saturated carbocycles. The van der Waals surface area contributed by atoms with Gasteiger partial charge in [-0.3, -0.25) is 4.79 Å². The van der Waals surface area contributed by atoms with Gasteiger partial charge in [-0.25, -0.2) is 4.68 Å². The van der Waals surface area contributed by atoms with E-state index in [9.17, 15) is 4.79 Å². The largest absolute Gasteiger partial charge is 0.383 e. The molecule has 0 atom stereocenters. The van der Waals surface area contributed by atoms with Gasteiger partial charge in [-0.15, -0.1) is 0 Å². The summed E-state index contributed by atoms with van der Waals surface area (Å²) in [6, 6.07) is 0.198. The van der Waals surface area contributed by atoms with E-state index in [0.717, 1.165) is 0 Å². The Hall–Kier alpha value is -1.32. The number of aldehydes is 1. The van der Waals surface area contributed by atoms with Gasteiger partial charge in [-0.1, -0.05) is 0 Å².